The standard InChI is InChI=1S/C10H23N/c1-8(2)6-10(4,5)7-9(3)11/h8-9H,6-7,11H2,1-5H3. The maximum absolute atomic E-state index is 5.75. The molecule has 11 heavy (non-hydrogen) atoms. The van der Waals surface area contributed by atoms with Crippen LogP contribution < -0.4 is 5.73 Å². The van der Waals surface area contributed by atoms with Crippen LogP contribution >= 0.6 is 0 Å². The van der Waals surface area contributed by atoms with Gasteiger partial charge in [-0.05, 0) is 31.1 Å². The van der Waals surface area contributed by atoms with Gasteiger partial charge in [0.25, 0.3) is 0 Å². The molecule has 0 fully saturated rings. The van der Waals surface area contributed by atoms with Gasteiger partial charge in [-0.2, -0.15) is 0 Å². The lowest BCUT2D eigenvalue weighted by Crippen LogP contribution is -2.26. The molecule has 0 spiro atoms. The molecule has 1 atom stereocenters. The molecule has 0 radical (unpaired) electrons. The maximum Gasteiger partial charge on any atom is 0.00155 e. The molecule has 0 aliphatic carbocycles. The van der Waals surface area contributed by atoms with E-state index in [1.165, 1.54) is 6.42 Å². The average molecular weight is 157 g/mol. The number of hydrogen-bond acceptors (Lipinski definition) is 1. The smallest absolute Gasteiger partial charge is 0.00155 e. The lowest BCUT2D eigenvalue weighted by atomic mass is 9.79. The van der Waals surface area contributed by atoms with Crippen LogP contribution in [0.4, 0.5) is 0 Å². The second-order valence-corrected chi connectivity index (χ2v) is 4.94. The molecule has 0 rings (SSSR count). The molecule has 0 aliphatic heterocycles. The second-order valence-electron chi connectivity index (χ2n) is 4.94. The molecule has 0 aromatic rings. The van der Waals surface area contributed by atoms with Crippen molar-refractivity contribution >= 4 is 0 Å². The molecule has 1 unspecified atom stereocenters. The third-order valence-corrected chi connectivity index (χ3v) is 1.84. The van der Waals surface area contributed by atoms with Crippen molar-refractivity contribution in [2.75, 3.05) is 0 Å². The highest BCUT2D eigenvalue weighted by atomic mass is 14.6. The minimum Gasteiger partial charge on any atom is -0.328 e. The van der Waals surface area contributed by atoms with Crippen LogP contribution in [-0.4, -0.2) is 6.04 Å². The first-order valence-electron chi connectivity index (χ1n) is 4.59. The van der Waals surface area contributed by atoms with Crippen LogP contribution in [-0.2, 0) is 0 Å². The van der Waals surface area contributed by atoms with Crippen molar-refractivity contribution in [3.63, 3.8) is 0 Å². The SMILES string of the molecule is CC(C)CC(C)(C)CC(C)N. The van der Waals surface area contributed by atoms with Gasteiger partial charge >= 0.3 is 0 Å². The van der Waals surface area contributed by atoms with Crippen LogP contribution in [0.25, 0.3) is 0 Å². The summed E-state index contributed by atoms with van der Waals surface area (Å²) < 4.78 is 0. The summed E-state index contributed by atoms with van der Waals surface area (Å²) in [5.41, 5.74) is 6.17. The van der Waals surface area contributed by atoms with Crippen molar-refractivity contribution in [2.45, 2.75) is 53.5 Å². The van der Waals surface area contributed by atoms with Gasteiger partial charge in [-0.25, -0.2) is 0 Å². The molecule has 1 nitrogen and oxygen atoms in total. The predicted octanol–water partition coefficient (Wildman–Crippen LogP) is 2.80. The summed E-state index contributed by atoms with van der Waals surface area (Å²) in [6.45, 7) is 11.2. The minimum absolute atomic E-state index is 0.337. The van der Waals surface area contributed by atoms with Crippen LogP contribution in [0.15, 0.2) is 0 Å². The molecular weight excluding hydrogens is 134 g/mol. The number of hydrogen-bond donors (Lipinski definition) is 1. The van der Waals surface area contributed by atoms with Gasteiger partial charge in [-0.15, -0.1) is 0 Å². The monoisotopic (exact) mass is 157 g/mol. The van der Waals surface area contributed by atoms with Gasteiger partial charge in [-0.1, -0.05) is 27.7 Å². The maximum atomic E-state index is 5.75. The minimum atomic E-state index is 0.337. The Balaban J connectivity index is 3.79. The Morgan fingerprint density at radius 2 is 1.55 bits per heavy atom. The fourth-order valence-electron chi connectivity index (χ4n) is 2.06. The summed E-state index contributed by atoms with van der Waals surface area (Å²) >= 11 is 0. The van der Waals surface area contributed by atoms with Gasteiger partial charge in [0.2, 0.25) is 0 Å². The van der Waals surface area contributed by atoms with Crippen molar-refractivity contribution in [1.82, 2.24) is 0 Å². The number of nitrogens with two attached hydrogens (primary N) is 1. The summed E-state index contributed by atoms with van der Waals surface area (Å²) in [5.74, 6) is 0.781. The fraction of sp³-hybridized carbons (Fsp3) is 1.00. The molecular formula is C10H23N. The fourth-order valence-corrected chi connectivity index (χ4v) is 2.06. The lowest BCUT2D eigenvalue weighted by Gasteiger charge is -2.28. The van der Waals surface area contributed by atoms with Crippen LogP contribution in [0.1, 0.15) is 47.5 Å². The second kappa shape index (κ2) is 4.10. The molecule has 68 valence electrons. The number of rotatable bonds is 4. The Kier molecular flexibility index (Phi) is 4.09. The highest BCUT2D eigenvalue weighted by molar-refractivity contribution is 4.74. The Morgan fingerprint density at radius 3 is 1.82 bits per heavy atom. The van der Waals surface area contributed by atoms with Crippen molar-refractivity contribution < 1.29 is 0 Å². The van der Waals surface area contributed by atoms with Crippen molar-refractivity contribution in [1.29, 1.82) is 0 Å². The van der Waals surface area contributed by atoms with Crippen LogP contribution in [0, 0.1) is 11.3 Å². The van der Waals surface area contributed by atoms with E-state index >= 15 is 0 Å². The highest BCUT2D eigenvalue weighted by Crippen LogP contribution is 2.29. The Bertz CT molecular complexity index is 91.4. The van der Waals surface area contributed by atoms with Gasteiger partial charge in [0.15, 0.2) is 0 Å². The first kappa shape index (κ1) is 11.0. The third kappa shape index (κ3) is 6.36. The molecule has 0 heterocycles. The van der Waals surface area contributed by atoms with E-state index in [9.17, 15) is 0 Å². The zero-order valence-corrected chi connectivity index (χ0v) is 8.65. The zero-order chi connectivity index (χ0) is 9.07. The summed E-state index contributed by atoms with van der Waals surface area (Å²) in [6.07, 6.45) is 2.40. The quantitative estimate of drug-likeness (QED) is 0.667. The van der Waals surface area contributed by atoms with Gasteiger partial charge in [0, 0.05) is 6.04 Å². The van der Waals surface area contributed by atoms with Crippen molar-refractivity contribution in [2.24, 2.45) is 17.1 Å². The van der Waals surface area contributed by atoms with Crippen LogP contribution in [0.2, 0.25) is 0 Å². The molecule has 0 amide bonds. The molecule has 1 heteroatoms. The van der Waals surface area contributed by atoms with E-state index in [2.05, 4.69) is 34.6 Å². The van der Waals surface area contributed by atoms with Gasteiger partial charge in [-0.3, -0.25) is 0 Å². The van der Waals surface area contributed by atoms with Crippen LogP contribution in [0.5, 0.6) is 0 Å². The molecule has 0 saturated carbocycles. The Morgan fingerprint density at radius 1 is 1.09 bits per heavy atom. The summed E-state index contributed by atoms with van der Waals surface area (Å²) in [7, 11) is 0. The van der Waals surface area contributed by atoms with E-state index in [0.29, 0.717) is 11.5 Å². The van der Waals surface area contributed by atoms with Gasteiger partial charge in [0.05, 0.1) is 0 Å². The average Bonchev–Trinajstić information content (AvgIpc) is 1.53. The third-order valence-electron chi connectivity index (χ3n) is 1.84. The Labute approximate surface area is 71.4 Å². The van der Waals surface area contributed by atoms with E-state index in [-0.39, 0.29) is 0 Å². The molecule has 0 saturated heterocycles. The van der Waals surface area contributed by atoms with E-state index in [1.807, 2.05) is 0 Å². The normalized spacial score (nSPS) is 15.5. The Hall–Kier alpha value is -0.0400. The first-order valence-corrected chi connectivity index (χ1v) is 4.59. The van der Waals surface area contributed by atoms with Gasteiger partial charge < -0.3 is 5.73 Å². The largest absolute Gasteiger partial charge is 0.328 e. The molecule has 0 aromatic carbocycles. The van der Waals surface area contributed by atoms with E-state index in [1.54, 1.807) is 0 Å². The highest BCUT2D eigenvalue weighted by Gasteiger charge is 2.20. The van der Waals surface area contributed by atoms with Crippen LogP contribution in [0.3, 0.4) is 0 Å². The molecule has 0 aliphatic rings. The van der Waals surface area contributed by atoms with E-state index < -0.39 is 0 Å². The van der Waals surface area contributed by atoms with Crippen molar-refractivity contribution in [3.8, 4) is 0 Å². The first-order chi connectivity index (χ1) is 4.83. The predicted molar refractivity (Wildman–Crippen MR) is 51.5 cm³/mol. The zero-order valence-electron chi connectivity index (χ0n) is 8.65. The molecule has 2 N–H and O–H groups in total. The van der Waals surface area contributed by atoms with Gasteiger partial charge in [0.1, 0.15) is 0 Å². The topological polar surface area (TPSA) is 26.0 Å². The van der Waals surface area contributed by atoms with E-state index in [4.69, 9.17) is 5.73 Å². The summed E-state index contributed by atoms with van der Waals surface area (Å²) in [5, 5.41) is 0. The van der Waals surface area contributed by atoms with E-state index in [0.717, 1.165) is 12.3 Å². The molecule has 0 aromatic heterocycles. The van der Waals surface area contributed by atoms with Crippen molar-refractivity contribution in [3.05, 3.63) is 0 Å². The summed E-state index contributed by atoms with van der Waals surface area (Å²) in [4.78, 5) is 0. The lowest BCUT2D eigenvalue weighted by molar-refractivity contribution is 0.250. The molecule has 0 bridgehead atoms. The summed E-state index contributed by atoms with van der Waals surface area (Å²) in [6, 6.07) is 0.337.